The van der Waals surface area contributed by atoms with Gasteiger partial charge in [-0.05, 0) is 38.0 Å². The van der Waals surface area contributed by atoms with Crippen molar-refractivity contribution in [2.45, 2.75) is 45.7 Å². The van der Waals surface area contributed by atoms with Crippen molar-refractivity contribution in [3.05, 3.63) is 17.2 Å². The van der Waals surface area contributed by atoms with Crippen molar-refractivity contribution in [3.8, 4) is 0 Å². The van der Waals surface area contributed by atoms with Gasteiger partial charge in [0, 0.05) is 6.42 Å². The lowest BCUT2D eigenvalue weighted by molar-refractivity contribution is -0.142. The van der Waals surface area contributed by atoms with E-state index in [0.29, 0.717) is 5.13 Å². The zero-order chi connectivity index (χ0) is 19.1. The van der Waals surface area contributed by atoms with Crippen molar-refractivity contribution < 1.29 is 14.4 Å². The van der Waals surface area contributed by atoms with Crippen molar-refractivity contribution in [2.75, 3.05) is 5.32 Å². The molecular formula is C18H23N5O3S. The van der Waals surface area contributed by atoms with E-state index >= 15 is 0 Å². The molecule has 0 spiro atoms. The lowest BCUT2D eigenvalue weighted by Crippen LogP contribution is -2.50. The van der Waals surface area contributed by atoms with Crippen LogP contribution in [0, 0.1) is 23.7 Å². The fraction of sp³-hybridized carbons (Fsp3) is 0.611. The smallest absolute Gasteiger partial charge is 0.317 e. The van der Waals surface area contributed by atoms with Crippen molar-refractivity contribution in [1.82, 2.24) is 20.4 Å². The summed E-state index contributed by atoms with van der Waals surface area (Å²) >= 11 is 1.32. The van der Waals surface area contributed by atoms with Crippen LogP contribution in [-0.2, 0) is 16.0 Å². The predicted octanol–water partition coefficient (Wildman–Crippen LogP) is 2.16. The number of likely N-dealkylation sites (tertiary alicyclic amines) is 1. The Bertz CT molecular complexity index is 775. The fourth-order valence-corrected chi connectivity index (χ4v) is 5.32. The highest BCUT2D eigenvalue weighted by atomic mass is 32.1. The second-order valence-corrected chi connectivity index (χ2v) is 8.48. The highest BCUT2D eigenvalue weighted by molar-refractivity contribution is 7.15. The van der Waals surface area contributed by atoms with Crippen molar-refractivity contribution in [1.29, 1.82) is 0 Å². The highest BCUT2D eigenvalue weighted by Gasteiger charge is 2.57. The third-order valence-corrected chi connectivity index (χ3v) is 6.57. The minimum atomic E-state index is -0.710. The predicted molar refractivity (Wildman–Crippen MR) is 99.7 cm³/mol. The number of carbonyl (C=O) groups is 3. The maximum atomic E-state index is 12.9. The van der Waals surface area contributed by atoms with Crippen LogP contribution in [0.3, 0.4) is 0 Å². The van der Waals surface area contributed by atoms with Gasteiger partial charge < -0.3 is 5.32 Å². The van der Waals surface area contributed by atoms with Crippen molar-refractivity contribution in [2.24, 2.45) is 23.7 Å². The van der Waals surface area contributed by atoms with Gasteiger partial charge in [-0.25, -0.2) is 4.79 Å². The molecule has 144 valence electrons. The molecule has 1 aliphatic heterocycles. The third-order valence-electron chi connectivity index (χ3n) is 5.67. The summed E-state index contributed by atoms with van der Waals surface area (Å²) in [6.45, 7) is 3.71. The van der Waals surface area contributed by atoms with Crippen LogP contribution < -0.4 is 10.6 Å². The first kappa shape index (κ1) is 18.1. The summed E-state index contributed by atoms with van der Waals surface area (Å²) in [6.07, 6.45) is 7.13. The second-order valence-electron chi connectivity index (χ2n) is 7.41. The summed E-state index contributed by atoms with van der Waals surface area (Å²) in [4.78, 5) is 39.3. The zero-order valence-corrected chi connectivity index (χ0v) is 16.2. The van der Waals surface area contributed by atoms with E-state index in [-0.39, 0.29) is 35.5 Å². The highest BCUT2D eigenvalue weighted by Crippen LogP contribution is 2.49. The topological polar surface area (TPSA) is 104 Å². The van der Waals surface area contributed by atoms with Crippen molar-refractivity contribution in [3.63, 3.8) is 0 Å². The molecule has 4 aliphatic rings. The number of imide groups is 1. The van der Waals surface area contributed by atoms with Gasteiger partial charge in [-0.3, -0.25) is 19.8 Å². The first-order chi connectivity index (χ1) is 13.0. The number of nitrogens with one attached hydrogen (secondary N) is 2. The Kier molecular flexibility index (Phi) is 4.71. The minimum absolute atomic E-state index is 0.140. The summed E-state index contributed by atoms with van der Waals surface area (Å²) in [7, 11) is 0. The van der Waals surface area contributed by atoms with Crippen LogP contribution in [0.25, 0.3) is 0 Å². The maximum absolute atomic E-state index is 12.9. The molecule has 1 saturated carbocycles. The van der Waals surface area contributed by atoms with Gasteiger partial charge in [-0.2, -0.15) is 0 Å². The number of aryl methyl sites for hydroxylation is 1. The van der Waals surface area contributed by atoms with Crippen LogP contribution in [0.4, 0.5) is 9.93 Å². The molecule has 2 bridgehead atoms. The number of aromatic nitrogens is 2. The molecule has 27 heavy (non-hydrogen) atoms. The summed E-state index contributed by atoms with van der Waals surface area (Å²) in [6, 6.07) is -0.502. The number of allylic oxidation sites excluding steroid dienone is 2. The molecule has 2 heterocycles. The summed E-state index contributed by atoms with van der Waals surface area (Å²) in [5.41, 5.74) is 0. The Morgan fingerprint density at radius 2 is 1.85 bits per heavy atom. The van der Waals surface area contributed by atoms with Crippen molar-refractivity contribution >= 4 is 34.3 Å². The first-order valence-corrected chi connectivity index (χ1v) is 10.3. The number of nitrogens with zero attached hydrogens (tertiary/aromatic N) is 3. The molecular weight excluding hydrogens is 366 g/mol. The zero-order valence-electron chi connectivity index (χ0n) is 15.3. The average molecular weight is 389 g/mol. The standard InChI is InChI=1S/C18H23N5O3S/c1-3-4-12-21-22-18(27-12)20-17(26)19-9(2)23-15(24)13-10-5-6-11(8-7-10)14(13)16(23)25/h5-6,9-11,13-14H,3-4,7-8H2,1-2H3,(H2,19,20,22,26)/t9-,10-,11-,13+,14+/m0/s1. The van der Waals surface area contributed by atoms with E-state index in [0.717, 1.165) is 30.7 Å². The Morgan fingerprint density at radius 3 is 2.41 bits per heavy atom. The van der Waals surface area contributed by atoms with Gasteiger partial charge >= 0.3 is 6.03 Å². The Morgan fingerprint density at radius 1 is 1.22 bits per heavy atom. The van der Waals surface area contributed by atoms with E-state index in [2.05, 4.69) is 33.0 Å². The number of hydrogen-bond donors (Lipinski definition) is 2. The third kappa shape index (κ3) is 3.13. The van der Waals surface area contributed by atoms with Crippen LogP contribution in [0.15, 0.2) is 12.2 Å². The molecule has 1 aromatic rings. The van der Waals surface area contributed by atoms with Gasteiger partial charge in [0.05, 0.1) is 11.8 Å². The number of urea groups is 1. The Labute approximate surface area is 161 Å². The molecule has 4 amide bonds. The summed E-state index contributed by atoms with van der Waals surface area (Å²) < 4.78 is 0. The molecule has 5 atom stereocenters. The van der Waals surface area contributed by atoms with Crippen LogP contribution in [-0.4, -0.2) is 39.1 Å². The molecule has 0 aromatic carbocycles. The maximum Gasteiger partial charge on any atom is 0.322 e. The average Bonchev–Trinajstić information content (AvgIpc) is 3.19. The van der Waals surface area contributed by atoms with Gasteiger partial charge in [0.2, 0.25) is 16.9 Å². The van der Waals surface area contributed by atoms with Gasteiger partial charge in [0.15, 0.2) is 0 Å². The first-order valence-electron chi connectivity index (χ1n) is 9.44. The molecule has 5 rings (SSSR count). The summed E-state index contributed by atoms with van der Waals surface area (Å²) in [5.74, 6) is -0.598. The number of fused-ring (bicyclic) bond motifs is 1. The van der Waals surface area contributed by atoms with Gasteiger partial charge in [-0.15, -0.1) is 10.2 Å². The van der Waals surface area contributed by atoms with Crippen LogP contribution in [0.2, 0.25) is 0 Å². The molecule has 2 fully saturated rings. The van der Waals surface area contributed by atoms with Gasteiger partial charge in [-0.1, -0.05) is 30.4 Å². The van der Waals surface area contributed by atoms with Crippen LogP contribution in [0.1, 0.15) is 38.1 Å². The molecule has 1 aromatic heterocycles. The number of carbonyl (C=O) groups excluding carboxylic acids is 3. The number of hydrogen-bond acceptors (Lipinski definition) is 6. The normalized spacial score (nSPS) is 29.8. The lowest BCUT2D eigenvalue weighted by atomic mass is 9.63. The van der Waals surface area contributed by atoms with E-state index in [4.69, 9.17) is 0 Å². The number of anilines is 1. The number of amides is 4. The quantitative estimate of drug-likeness (QED) is 0.593. The Balaban J connectivity index is 1.40. The van der Waals surface area contributed by atoms with Crippen LogP contribution in [0.5, 0.6) is 0 Å². The molecule has 2 N–H and O–H groups in total. The van der Waals surface area contributed by atoms with Gasteiger partial charge in [0.1, 0.15) is 11.2 Å². The van der Waals surface area contributed by atoms with E-state index in [1.54, 1.807) is 6.92 Å². The van der Waals surface area contributed by atoms with E-state index in [1.165, 1.54) is 16.2 Å². The van der Waals surface area contributed by atoms with Crippen LogP contribution >= 0.6 is 11.3 Å². The summed E-state index contributed by atoms with van der Waals surface area (Å²) in [5, 5.41) is 14.5. The largest absolute Gasteiger partial charge is 0.322 e. The number of rotatable bonds is 5. The molecule has 0 radical (unpaired) electrons. The molecule has 9 heteroatoms. The van der Waals surface area contributed by atoms with E-state index in [9.17, 15) is 14.4 Å². The van der Waals surface area contributed by atoms with E-state index in [1.807, 2.05) is 6.92 Å². The molecule has 1 saturated heterocycles. The lowest BCUT2D eigenvalue weighted by Gasteiger charge is -2.38. The van der Waals surface area contributed by atoms with E-state index < -0.39 is 12.2 Å². The van der Waals surface area contributed by atoms with Gasteiger partial charge in [0.25, 0.3) is 0 Å². The second kappa shape index (κ2) is 7.03. The monoisotopic (exact) mass is 389 g/mol. The molecule has 3 aliphatic carbocycles. The SMILES string of the molecule is CCCc1nnc(NC(=O)N[C@H](C)N2C(=O)[C@H]3[C@H](C2=O)[C@H]2C=C[C@H]3CC2)s1. The molecule has 8 nitrogen and oxygen atoms in total. The molecule has 0 unspecified atom stereocenters. The Hall–Kier alpha value is -2.29. The fourth-order valence-electron chi connectivity index (χ4n) is 4.49. The minimum Gasteiger partial charge on any atom is -0.317 e.